The van der Waals surface area contributed by atoms with Gasteiger partial charge in [0.25, 0.3) is 0 Å². The second kappa shape index (κ2) is 7.44. The van der Waals surface area contributed by atoms with Gasteiger partial charge in [-0.15, -0.1) is 0 Å². The fourth-order valence-corrected chi connectivity index (χ4v) is 4.29. The number of likely N-dealkylation sites (tertiary alicyclic amines) is 2. The van der Waals surface area contributed by atoms with E-state index in [4.69, 9.17) is 0 Å². The molecule has 1 aromatic carbocycles. The van der Waals surface area contributed by atoms with Gasteiger partial charge in [-0.05, 0) is 43.4 Å². The summed E-state index contributed by atoms with van der Waals surface area (Å²) in [6.07, 6.45) is 8.80. The van der Waals surface area contributed by atoms with Crippen molar-refractivity contribution in [1.82, 2.24) is 14.4 Å². The Hall–Kier alpha value is -2.07. The smallest absolute Gasteiger partial charge is 0.244 e. The van der Waals surface area contributed by atoms with Gasteiger partial charge in [-0.2, -0.15) is 0 Å². The monoisotopic (exact) mass is 337 g/mol. The molecule has 2 saturated heterocycles. The van der Waals surface area contributed by atoms with Crippen LogP contribution in [0.4, 0.5) is 0 Å². The SMILES string of the molecule is O=C(C(c1ccccc1)N1CCC(n2cccc2)CC1)N1CCCC1. The molecule has 132 valence electrons. The van der Waals surface area contributed by atoms with Gasteiger partial charge in [0.15, 0.2) is 0 Å². The molecule has 3 heterocycles. The number of aromatic nitrogens is 1. The van der Waals surface area contributed by atoms with Crippen molar-refractivity contribution in [2.45, 2.75) is 37.8 Å². The Bertz CT molecular complexity index is 668. The highest BCUT2D eigenvalue weighted by molar-refractivity contribution is 5.83. The number of rotatable bonds is 4. The van der Waals surface area contributed by atoms with Crippen LogP contribution in [0.2, 0.25) is 0 Å². The maximum atomic E-state index is 13.2. The molecule has 25 heavy (non-hydrogen) atoms. The first kappa shape index (κ1) is 16.4. The first-order valence-corrected chi connectivity index (χ1v) is 9.53. The van der Waals surface area contributed by atoms with Crippen LogP contribution in [0.5, 0.6) is 0 Å². The molecule has 4 nitrogen and oxygen atoms in total. The van der Waals surface area contributed by atoms with E-state index < -0.39 is 0 Å². The van der Waals surface area contributed by atoms with Crippen molar-refractivity contribution in [3.63, 3.8) is 0 Å². The van der Waals surface area contributed by atoms with E-state index in [-0.39, 0.29) is 6.04 Å². The Morgan fingerprint density at radius 2 is 1.52 bits per heavy atom. The molecule has 1 unspecified atom stereocenters. The van der Waals surface area contributed by atoms with Crippen LogP contribution in [-0.4, -0.2) is 46.5 Å². The molecule has 0 N–H and O–H groups in total. The van der Waals surface area contributed by atoms with Gasteiger partial charge < -0.3 is 9.47 Å². The number of nitrogens with zero attached hydrogens (tertiary/aromatic N) is 3. The molecule has 0 spiro atoms. The Kier molecular flexibility index (Phi) is 4.88. The maximum Gasteiger partial charge on any atom is 0.244 e. The lowest BCUT2D eigenvalue weighted by Gasteiger charge is -2.38. The minimum atomic E-state index is -0.120. The lowest BCUT2D eigenvalue weighted by Crippen LogP contribution is -2.45. The Labute approximate surface area is 150 Å². The lowest BCUT2D eigenvalue weighted by molar-refractivity contribution is -0.136. The average molecular weight is 337 g/mol. The molecule has 2 aliphatic rings. The molecule has 0 radical (unpaired) electrons. The van der Waals surface area contributed by atoms with E-state index in [1.807, 2.05) is 18.2 Å². The van der Waals surface area contributed by atoms with Crippen LogP contribution in [0.1, 0.15) is 43.3 Å². The summed E-state index contributed by atoms with van der Waals surface area (Å²) >= 11 is 0. The van der Waals surface area contributed by atoms with Crippen molar-refractivity contribution in [2.75, 3.05) is 26.2 Å². The quantitative estimate of drug-likeness (QED) is 0.854. The van der Waals surface area contributed by atoms with E-state index in [0.29, 0.717) is 11.9 Å². The molecule has 1 aromatic heterocycles. The minimum Gasteiger partial charge on any atom is -0.351 e. The van der Waals surface area contributed by atoms with Crippen LogP contribution in [-0.2, 0) is 4.79 Å². The summed E-state index contributed by atoms with van der Waals surface area (Å²) in [4.78, 5) is 17.7. The van der Waals surface area contributed by atoms with E-state index in [2.05, 4.69) is 51.0 Å². The van der Waals surface area contributed by atoms with Gasteiger partial charge in [-0.25, -0.2) is 0 Å². The number of amides is 1. The summed E-state index contributed by atoms with van der Waals surface area (Å²) in [5.41, 5.74) is 1.14. The molecule has 0 bridgehead atoms. The van der Waals surface area contributed by atoms with Crippen molar-refractivity contribution in [2.24, 2.45) is 0 Å². The van der Waals surface area contributed by atoms with Gasteiger partial charge in [0, 0.05) is 44.6 Å². The van der Waals surface area contributed by atoms with Crippen molar-refractivity contribution < 1.29 is 4.79 Å². The van der Waals surface area contributed by atoms with Crippen LogP contribution in [0.25, 0.3) is 0 Å². The standard InChI is InChI=1S/C21H27N3O/c25-21(24-14-6-7-15-24)20(18-8-2-1-3-9-18)23-16-10-19(11-17-23)22-12-4-5-13-22/h1-5,8-9,12-13,19-20H,6-7,10-11,14-17H2. The predicted octanol–water partition coefficient (Wildman–Crippen LogP) is 3.49. The highest BCUT2D eigenvalue weighted by Gasteiger charge is 2.34. The maximum absolute atomic E-state index is 13.2. The molecule has 0 saturated carbocycles. The van der Waals surface area contributed by atoms with E-state index >= 15 is 0 Å². The van der Waals surface area contributed by atoms with Crippen LogP contribution >= 0.6 is 0 Å². The molecule has 1 amide bonds. The number of carbonyl (C=O) groups excluding carboxylic acids is 1. The number of carbonyl (C=O) groups is 1. The topological polar surface area (TPSA) is 28.5 Å². The zero-order valence-electron chi connectivity index (χ0n) is 14.8. The van der Waals surface area contributed by atoms with E-state index in [1.165, 1.54) is 0 Å². The second-order valence-electron chi connectivity index (χ2n) is 7.24. The lowest BCUT2D eigenvalue weighted by atomic mass is 9.98. The fraction of sp³-hybridized carbons (Fsp3) is 0.476. The van der Waals surface area contributed by atoms with Gasteiger partial charge in [-0.1, -0.05) is 30.3 Å². The van der Waals surface area contributed by atoms with Crippen LogP contribution in [0.3, 0.4) is 0 Å². The summed E-state index contributed by atoms with van der Waals surface area (Å²) in [5, 5.41) is 0. The highest BCUT2D eigenvalue weighted by atomic mass is 16.2. The summed E-state index contributed by atoms with van der Waals surface area (Å²) in [5.74, 6) is 0.295. The first-order valence-electron chi connectivity index (χ1n) is 9.53. The number of hydrogen-bond acceptors (Lipinski definition) is 2. The minimum absolute atomic E-state index is 0.120. The molecular weight excluding hydrogens is 310 g/mol. The third-order valence-electron chi connectivity index (χ3n) is 5.68. The molecule has 2 aliphatic heterocycles. The highest BCUT2D eigenvalue weighted by Crippen LogP contribution is 2.31. The number of benzene rings is 1. The van der Waals surface area contributed by atoms with Crippen molar-refractivity contribution in [3.8, 4) is 0 Å². The van der Waals surface area contributed by atoms with Gasteiger partial charge in [-0.3, -0.25) is 9.69 Å². The zero-order chi connectivity index (χ0) is 17.1. The van der Waals surface area contributed by atoms with Gasteiger partial charge in [0.1, 0.15) is 6.04 Å². The largest absolute Gasteiger partial charge is 0.351 e. The van der Waals surface area contributed by atoms with E-state index in [0.717, 1.165) is 57.4 Å². The van der Waals surface area contributed by atoms with Crippen LogP contribution < -0.4 is 0 Å². The molecule has 4 heteroatoms. The van der Waals surface area contributed by atoms with Crippen LogP contribution in [0, 0.1) is 0 Å². The van der Waals surface area contributed by atoms with Crippen LogP contribution in [0.15, 0.2) is 54.9 Å². The summed E-state index contributed by atoms with van der Waals surface area (Å²) in [7, 11) is 0. The fourth-order valence-electron chi connectivity index (χ4n) is 4.29. The first-order chi connectivity index (χ1) is 12.3. The van der Waals surface area contributed by atoms with E-state index in [1.54, 1.807) is 0 Å². The molecule has 1 atom stereocenters. The number of hydrogen-bond donors (Lipinski definition) is 0. The third-order valence-corrected chi connectivity index (χ3v) is 5.68. The van der Waals surface area contributed by atoms with E-state index in [9.17, 15) is 4.79 Å². The summed E-state index contributed by atoms with van der Waals surface area (Å²) < 4.78 is 2.32. The molecule has 4 rings (SSSR count). The van der Waals surface area contributed by atoms with Gasteiger partial charge >= 0.3 is 0 Å². The predicted molar refractivity (Wildman–Crippen MR) is 99.3 cm³/mol. The van der Waals surface area contributed by atoms with Crippen molar-refractivity contribution in [1.29, 1.82) is 0 Å². The number of piperidine rings is 1. The Balaban J connectivity index is 1.51. The van der Waals surface area contributed by atoms with Crippen molar-refractivity contribution >= 4 is 5.91 Å². The van der Waals surface area contributed by atoms with Gasteiger partial charge in [0.05, 0.1) is 0 Å². The normalized spacial score (nSPS) is 20.7. The van der Waals surface area contributed by atoms with Crippen molar-refractivity contribution in [3.05, 3.63) is 60.4 Å². The zero-order valence-corrected chi connectivity index (χ0v) is 14.8. The summed E-state index contributed by atoms with van der Waals surface area (Å²) in [6, 6.07) is 15.0. The Morgan fingerprint density at radius 1 is 0.880 bits per heavy atom. The summed E-state index contributed by atoms with van der Waals surface area (Å²) in [6.45, 7) is 3.79. The third kappa shape index (κ3) is 3.49. The molecule has 2 aromatic rings. The second-order valence-corrected chi connectivity index (χ2v) is 7.24. The Morgan fingerprint density at radius 3 is 2.16 bits per heavy atom. The molecule has 0 aliphatic carbocycles. The molecular formula is C21H27N3O. The average Bonchev–Trinajstić information content (AvgIpc) is 3.37. The van der Waals surface area contributed by atoms with Gasteiger partial charge in [0.2, 0.25) is 5.91 Å². The molecule has 2 fully saturated rings.